The molecule has 0 unspecified atom stereocenters. The standard InChI is InChI=1S/C47H29N3S/c1-2-11-30(12-3-1)31-21-25-33(26-22-31)45-48-46(50-47(49-45)41-19-10-18-40-39-17-8-9-20-43(39)51-44(40)41)34-27-23-32(24-28-34)42-29-35-13-4-5-14-36(35)37-15-6-7-16-38(37)42/h1-29H. The van der Waals surface area contributed by atoms with Gasteiger partial charge in [-0.2, -0.15) is 0 Å². The fourth-order valence-electron chi connectivity index (χ4n) is 7.21. The molecule has 51 heavy (non-hydrogen) atoms. The Morgan fingerprint density at radius 3 is 1.59 bits per heavy atom. The Hall–Kier alpha value is -6.49. The van der Waals surface area contributed by atoms with Gasteiger partial charge in [-0.3, -0.25) is 0 Å². The predicted octanol–water partition coefficient (Wildman–Crippen LogP) is 12.9. The summed E-state index contributed by atoms with van der Waals surface area (Å²) in [4.78, 5) is 15.4. The van der Waals surface area contributed by atoms with Crippen LogP contribution in [0.15, 0.2) is 176 Å². The zero-order valence-corrected chi connectivity index (χ0v) is 28.3. The summed E-state index contributed by atoms with van der Waals surface area (Å²) in [6.07, 6.45) is 0. The van der Waals surface area contributed by atoms with Gasteiger partial charge in [0, 0.05) is 36.9 Å². The van der Waals surface area contributed by atoms with Crippen molar-refractivity contribution in [1.29, 1.82) is 0 Å². The molecule has 3 nitrogen and oxygen atoms in total. The zero-order chi connectivity index (χ0) is 33.7. The smallest absolute Gasteiger partial charge is 0.165 e. The van der Waals surface area contributed by atoms with Crippen LogP contribution in [-0.2, 0) is 0 Å². The van der Waals surface area contributed by atoms with Gasteiger partial charge in [0.1, 0.15) is 0 Å². The molecule has 238 valence electrons. The Morgan fingerprint density at radius 2 is 0.843 bits per heavy atom. The fraction of sp³-hybridized carbons (Fsp3) is 0. The van der Waals surface area contributed by atoms with Crippen LogP contribution in [0.2, 0.25) is 0 Å². The molecule has 0 spiro atoms. The van der Waals surface area contributed by atoms with Gasteiger partial charge >= 0.3 is 0 Å². The van der Waals surface area contributed by atoms with E-state index in [9.17, 15) is 0 Å². The van der Waals surface area contributed by atoms with Crippen LogP contribution >= 0.6 is 11.3 Å². The molecule has 0 aliphatic heterocycles. The monoisotopic (exact) mass is 667 g/mol. The summed E-state index contributed by atoms with van der Waals surface area (Å²) >= 11 is 1.79. The second kappa shape index (κ2) is 12.1. The van der Waals surface area contributed by atoms with Crippen molar-refractivity contribution in [3.8, 4) is 56.4 Å². The van der Waals surface area contributed by atoms with Crippen LogP contribution in [0.1, 0.15) is 0 Å². The molecular weight excluding hydrogens is 639 g/mol. The molecule has 10 rings (SSSR count). The number of fused-ring (bicyclic) bond motifs is 6. The molecule has 10 aromatic rings. The average Bonchev–Trinajstić information content (AvgIpc) is 3.60. The molecule has 0 saturated heterocycles. The van der Waals surface area contributed by atoms with E-state index in [0.717, 1.165) is 27.8 Å². The summed E-state index contributed by atoms with van der Waals surface area (Å²) in [5, 5.41) is 7.47. The van der Waals surface area contributed by atoms with Crippen molar-refractivity contribution in [2.24, 2.45) is 0 Å². The second-order valence-corrected chi connectivity index (χ2v) is 13.9. The highest BCUT2D eigenvalue weighted by Crippen LogP contribution is 2.40. The normalized spacial score (nSPS) is 11.5. The van der Waals surface area contributed by atoms with E-state index in [0.29, 0.717) is 17.5 Å². The van der Waals surface area contributed by atoms with Crippen LogP contribution in [0, 0.1) is 0 Å². The first-order valence-corrected chi connectivity index (χ1v) is 17.9. The Morgan fingerprint density at radius 1 is 0.314 bits per heavy atom. The van der Waals surface area contributed by atoms with E-state index in [1.54, 1.807) is 11.3 Å². The Kier molecular flexibility index (Phi) is 7.00. The van der Waals surface area contributed by atoms with Gasteiger partial charge in [-0.15, -0.1) is 11.3 Å². The summed E-state index contributed by atoms with van der Waals surface area (Å²) in [7, 11) is 0. The number of nitrogens with zero attached hydrogens (tertiary/aromatic N) is 3. The largest absolute Gasteiger partial charge is 0.208 e. The van der Waals surface area contributed by atoms with E-state index in [2.05, 4.69) is 170 Å². The number of benzene rings is 8. The number of aromatic nitrogens is 3. The van der Waals surface area contributed by atoms with Crippen LogP contribution < -0.4 is 0 Å². The molecule has 0 atom stereocenters. The first-order chi connectivity index (χ1) is 25.3. The Bertz CT molecular complexity index is 2890. The molecular formula is C47H29N3S. The molecule has 2 heterocycles. The van der Waals surface area contributed by atoms with Crippen LogP contribution in [0.5, 0.6) is 0 Å². The van der Waals surface area contributed by atoms with Crippen molar-refractivity contribution in [1.82, 2.24) is 15.0 Å². The summed E-state index contributed by atoms with van der Waals surface area (Å²) in [5.41, 5.74) is 7.60. The van der Waals surface area contributed by atoms with Gasteiger partial charge in [0.05, 0.1) is 0 Å². The molecule has 0 bridgehead atoms. The maximum Gasteiger partial charge on any atom is 0.165 e. The van der Waals surface area contributed by atoms with Crippen LogP contribution in [0.4, 0.5) is 0 Å². The summed E-state index contributed by atoms with van der Waals surface area (Å²) < 4.78 is 2.43. The highest BCUT2D eigenvalue weighted by atomic mass is 32.1. The topological polar surface area (TPSA) is 38.7 Å². The van der Waals surface area contributed by atoms with Crippen LogP contribution in [0.25, 0.3) is 98.1 Å². The zero-order valence-electron chi connectivity index (χ0n) is 27.5. The quantitative estimate of drug-likeness (QED) is 0.171. The lowest BCUT2D eigenvalue weighted by molar-refractivity contribution is 1.08. The maximum atomic E-state index is 5.16. The molecule has 0 aliphatic rings. The maximum absolute atomic E-state index is 5.16. The molecule has 0 aliphatic carbocycles. The van der Waals surface area contributed by atoms with Gasteiger partial charge in [-0.05, 0) is 62.0 Å². The van der Waals surface area contributed by atoms with E-state index >= 15 is 0 Å². The number of hydrogen-bond acceptors (Lipinski definition) is 4. The third-order valence-corrected chi connectivity index (χ3v) is 11.0. The van der Waals surface area contributed by atoms with Gasteiger partial charge in [-0.25, -0.2) is 15.0 Å². The average molecular weight is 668 g/mol. The molecule has 0 N–H and O–H groups in total. The number of rotatable bonds is 5. The minimum absolute atomic E-state index is 0.648. The van der Waals surface area contributed by atoms with Gasteiger partial charge in [0.2, 0.25) is 0 Å². The van der Waals surface area contributed by atoms with Crippen molar-refractivity contribution < 1.29 is 0 Å². The Labute approximate surface area is 299 Å². The lowest BCUT2D eigenvalue weighted by Gasteiger charge is -2.12. The molecule has 0 fully saturated rings. The van der Waals surface area contributed by atoms with Gasteiger partial charge < -0.3 is 0 Å². The van der Waals surface area contributed by atoms with Crippen LogP contribution in [-0.4, -0.2) is 15.0 Å². The molecule has 2 aromatic heterocycles. The van der Waals surface area contributed by atoms with E-state index < -0.39 is 0 Å². The molecule has 0 radical (unpaired) electrons. The van der Waals surface area contributed by atoms with E-state index in [1.165, 1.54) is 52.8 Å². The highest BCUT2D eigenvalue weighted by molar-refractivity contribution is 7.26. The Balaban J connectivity index is 1.12. The number of thiophene rings is 1. The lowest BCUT2D eigenvalue weighted by Crippen LogP contribution is -2.00. The van der Waals surface area contributed by atoms with Crippen molar-refractivity contribution >= 4 is 53.1 Å². The highest BCUT2D eigenvalue weighted by Gasteiger charge is 2.17. The van der Waals surface area contributed by atoms with E-state index in [4.69, 9.17) is 15.0 Å². The minimum atomic E-state index is 0.648. The van der Waals surface area contributed by atoms with Crippen molar-refractivity contribution in [2.75, 3.05) is 0 Å². The summed E-state index contributed by atoms with van der Waals surface area (Å²) in [6.45, 7) is 0. The molecule has 0 saturated carbocycles. The van der Waals surface area contributed by atoms with Crippen molar-refractivity contribution in [3.05, 3.63) is 176 Å². The third-order valence-electron chi connectivity index (χ3n) is 9.75. The van der Waals surface area contributed by atoms with Gasteiger partial charge in [0.15, 0.2) is 17.5 Å². The predicted molar refractivity (Wildman–Crippen MR) is 215 cm³/mol. The molecule has 0 amide bonds. The third kappa shape index (κ3) is 5.16. The first kappa shape index (κ1) is 29.4. The van der Waals surface area contributed by atoms with E-state index in [-0.39, 0.29) is 0 Å². The van der Waals surface area contributed by atoms with Gasteiger partial charge in [0.25, 0.3) is 0 Å². The molecule has 8 aromatic carbocycles. The van der Waals surface area contributed by atoms with E-state index in [1.807, 2.05) is 6.07 Å². The van der Waals surface area contributed by atoms with Crippen molar-refractivity contribution in [2.45, 2.75) is 0 Å². The first-order valence-electron chi connectivity index (χ1n) is 17.1. The minimum Gasteiger partial charge on any atom is -0.208 e. The van der Waals surface area contributed by atoms with Crippen LogP contribution in [0.3, 0.4) is 0 Å². The lowest BCUT2D eigenvalue weighted by atomic mass is 9.93. The molecule has 4 heteroatoms. The van der Waals surface area contributed by atoms with Gasteiger partial charge in [-0.1, -0.05) is 158 Å². The SMILES string of the molecule is c1ccc(-c2ccc(-c3nc(-c4ccc(-c5cc6ccccc6c6ccccc56)cc4)nc(-c4cccc5c4sc4ccccc45)n3)cc2)cc1. The van der Waals surface area contributed by atoms with Crippen molar-refractivity contribution in [3.63, 3.8) is 0 Å². The summed E-state index contributed by atoms with van der Waals surface area (Å²) in [6, 6.07) is 62.2. The fourth-order valence-corrected chi connectivity index (χ4v) is 8.42. The second-order valence-electron chi connectivity index (χ2n) is 12.8. The summed E-state index contributed by atoms with van der Waals surface area (Å²) in [5.74, 6) is 1.97. The number of hydrogen-bond donors (Lipinski definition) is 0.